The highest BCUT2D eigenvalue weighted by atomic mass is 19.1. The Morgan fingerprint density at radius 3 is 2.71 bits per heavy atom. The molecule has 0 aliphatic carbocycles. The second-order valence-corrected chi connectivity index (χ2v) is 10.2. The van der Waals surface area contributed by atoms with Gasteiger partial charge in [-0.2, -0.15) is 0 Å². The van der Waals surface area contributed by atoms with Gasteiger partial charge in [0.1, 0.15) is 11.6 Å². The molecule has 4 aromatic rings. The number of tetrazole rings is 1. The fraction of sp³-hybridized carbons (Fsp3) is 0.429. The van der Waals surface area contributed by atoms with Crippen LogP contribution in [0.4, 0.5) is 4.39 Å². The lowest BCUT2D eigenvalue weighted by atomic mass is 9.99. The molecule has 3 heterocycles. The number of rotatable bonds is 10. The first-order valence-corrected chi connectivity index (χ1v) is 13.0. The average molecular weight is 521 g/mol. The molecule has 9 nitrogen and oxygen atoms in total. The third kappa shape index (κ3) is 5.76. The van der Waals surface area contributed by atoms with Gasteiger partial charge >= 0.3 is 0 Å². The van der Waals surface area contributed by atoms with Crippen LogP contribution in [0.25, 0.3) is 10.9 Å². The number of ether oxygens (including phenoxy) is 2. The highest BCUT2D eigenvalue weighted by Gasteiger charge is 2.31. The molecule has 1 aliphatic heterocycles. The van der Waals surface area contributed by atoms with Crippen LogP contribution in [0.5, 0.6) is 5.75 Å². The van der Waals surface area contributed by atoms with E-state index in [4.69, 9.17) is 9.47 Å². The Balaban J connectivity index is 1.53. The van der Waals surface area contributed by atoms with E-state index in [9.17, 15) is 9.18 Å². The first kappa shape index (κ1) is 26.0. The van der Waals surface area contributed by atoms with E-state index in [2.05, 4.69) is 39.3 Å². The number of nitrogens with one attached hydrogen (secondary N) is 1. The van der Waals surface area contributed by atoms with Crippen molar-refractivity contribution in [3.63, 3.8) is 0 Å². The molecule has 1 N–H and O–H groups in total. The molecule has 2 atom stereocenters. The molecule has 0 amide bonds. The van der Waals surface area contributed by atoms with E-state index in [1.54, 1.807) is 19.2 Å². The maximum absolute atomic E-state index is 13.7. The molecule has 0 bridgehead atoms. The molecule has 0 unspecified atom stereocenters. The summed E-state index contributed by atoms with van der Waals surface area (Å²) >= 11 is 0. The topological polar surface area (TPSA) is 98.2 Å². The molecule has 1 aliphatic rings. The smallest absolute Gasteiger partial charge is 0.252 e. The van der Waals surface area contributed by atoms with Gasteiger partial charge in [0.15, 0.2) is 5.82 Å². The lowest BCUT2D eigenvalue weighted by Gasteiger charge is -2.33. The minimum Gasteiger partial charge on any atom is -0.497 e. The van der Waals surface area contributed by atoms with Crippen LogP contribution < -0.4 is 10.3 Å². The van der Waals surface area contributed by atoms with E-state index >= 15 is 0 Å². The van der Waals surface area contributed by atoms with Gasteiger partial charge in [0.25, 0.3) is 5.56 Å². The molecule has 200 valence electrons. The fourth-order valence-corrected chi connectivity index (χ4v) is 5.19. The van der Waals surface area contributed by atoms with Crippen molar-refractivity contribution < 1.29 is 13.9 Å². The SMILES string of the molecule is COc1ccc2[nH]c(=O)c(CN(Cc3ccc(F)cc3)[C@@H](c3nnnn3C[C@H]3CCCO3)C(C)C)cc2c1. The van der Waals surface area contributed by atoms with Gasteiger partial charge in [-0.15, -0.1) is 5.10 Å². The van der Waals surface area contributed by atoms with E-state index in [0.717, 1.165) is 41.7 Å². The molecule has 38 heavy (non-hydrogen) atoms. The summed E-state index contributed by atoms with van der Waals surface area (Å²) in [5.74, 6) is 1.26. The summed E-state index contributed by atoms with van der Waals surface area (Å²) in [5.41, 5.74) is 2.12. The van der Waals surface area contributed by atoms with Crippen LogP contribution in [-0.2, 0) is 24.4 Å². The number of aromatic nitrogens is 5. The Morgan fingerprint density at radius 2 is 2.00 bits per heavy atom. The van der Waals surface area contributed by atoms with Crippen molar-refractivity contribution in [3.05, 3.63) is 81.7 Å². The summed E-state index contributed by atoms with van der Waals surface area (Å²) in [6.45, 7) is 6.38. The summed E-state index contributed by atoms with van der Waals surface area (Å²) in [5, 5.41) is 13.6. The number of nitrogens with zero attached hydrogens (tertiary/aromatic N) is 5. The lowest BCUT2D eigenvalue weighted by molar-refractivity contribution is 0.0851. The molecular formula is C28H33FN6O3. The van der Waals surface area contributed by atoms with Crippen LogP contribution in [0.15, 0.2) is 53.3 Å². The second kappa shape index (κ2) is 11.4. The number of benzene rings is 2. The predicted molar refractivity (Wildman–Crippen MR) is 141 cm³/mol. The zero-order valence-corrected chi connectivity index (χ0v) is 21.9. The Labute approximate surface area is 220 Å². The number of hydrogen-bond acceptors (Lipinski definition) is 7. The number of H-pyrrole nitrogens is 1. The van der Waals surface area contributed by atoms with E-state index in [-0.39, 0.29) is 29.4 Å². The first-order valence-electron chi connectivity index (χ1n) is 13.0. The Bertz CT molecular complexity index is 1430. The molecule has 0 spiro atoms. The number of halogens is 1. The number of hydrogen-bond donors (Lipinski definition) is 1. The average Bonchev–Trinajstić information content (AvgIpc) is 3.58. The van der Waals surface area contributed by atoms with Crippen LogP contribution >= 0.6 is 0 Å². The zero-order valence-electron chi connectivity index (χ0n) is 21.9. The molecule has 1 fully saturated rings. The van der Waals surface area contributed by atoms with Crippen molar-refractivity contribution in [2.24, 2.45) is 5.92 Å². The van der Waals surface area contributed by atoms with Gasteiger partial charge in [0.2, 0.25) is 0 Å². The van der Waals surface area contributed by atoms with E-state index in [0.29, 0.717) is 30.9 Å². The lowest BCUT2D eigenvalue weighted by Crippen LogP contribution is -2.36. The number of methoxy groups -OCH3 is 1. The van der Waals surface area contributed by atoms with Crippen LogP contribution in [0.1, 0.15) is 49.7 Å². The van der Waals surface area contributed by atoms with Gasteiger partial charge in [-0.1, -0.05) is 26.0 Å². The molecular weight excluding hydrogens is 487 g/mol. The summed E-state index contributed by atoms with van der Waals surface area (Å²) in [4.78, 5) is 18.4. The molecule has 0 saturated carbocycles. The van der Waals surface area contributed by atoms with Crippen molar-refractivity contribution in [1.82, 2.24) is 30.1 Å². The van der Waals surface area contributed by atoms with Gasteiger partial charge < -0.3 is 14.5 Å². The van der Waals surface area contributed by atoms with E-state index in [1.807, 2.05) is 28.9 Å². The van der Waals surface area contributed by atoms with Crippen molar-refractivity contribution in [1.29, 1.82) is 0 Å². The van der Waals surface area contributed by atoms with E-state index in [1.165, 1.54) is 12.1 Å². The van der Waals surface area contributed by atoms with Gasteiger partial charge in [-0.3, -0.25) is 9.69 Å². The minimum absolute atomic E-state index is 0.0777. The normalized spacial score (nSPS) is 16.5. The molecule has 2 aromatic carbocycles. The van der Waals surface area contributed by atoms with Crippen molar-refractivity contribution in [3.8, 4) is 5.75 Å². The maximum Gasteiger partial charge on any atom is 0.252 e. The molecule has 10 heteroatoms. The Morgan fingerprint density at radius 1 is 1.18 bits per heavy atom. The molecule has 2 aromatic heterocycles. The third-order valence-corrected chi connectivity index (χ3v) is 7.05. The zero-order chi connectivity index (χ0) is 26.6. The van der Waals surface area contributed by atoms with Crippen molar-refractivity contribution in [2.45, 2.75) is 58.5 Å². The molecule has 5 rings (SSSR count). The minimum atomic E-state index is -0.291. The van der Waals surface area contributed by atoms with Crippen molar-refractivity contribution >= 4 is 10.9 Å². The van der Waals surface area contributed by atoms with Gasteiger partial charge in [-0.25, -0.2) is 9.07 Å². The molecule has 0 radical (unpaired) electrons. The third-order valence-electron chi connectivity index (χ3n) is 7.05. The van der Waals surface area contributed by atoms with Crippen LogP contribution in [0.3, 0.4) is 0 Å². The second-order valence-electron chi connectivity index (χ2n) is 10.2. The first-order chi connectivity index (χ1) is 18.4. The quantitative estimate of drug-likeness (QED) is 0.334. The summed E-state index contributed by atoms with van der Waals surface area (Å²) < 4.78 is 26.7. The Hall–Kier alpha value is -3.63. The number of pyridine rings is 1. The highest BCUT2D eigenvalue weighted by Crippen LogP contribution is 2.31. The van der Waals surface area contributed by atoms with Crippen LogP contribution in [0.2, 0.25) is 0 Å². The highest BCUT2D eigenvalue weighted by molar-refractivity contribution is 5.80. The summed E-state index contributed by atoms with van der Waals surface area (Å²) in [6.07, 6.45) is 2.08. The van der Waals surface area contributed by atoms with E-state index < -0.39 is 0 Å². The fourth-order valence-electron chi connectivity index (χ4n) is 5.19. The van der Waals surface area contributed by atoms with Gasteiger partial charge in [0, 0.05) is 36.2 Å². The number of aromatic amines is 1. The summed E-state index contributed by atoms with van der Waals surface area (Å²) in [7, 11) is 1.62. The standard InChI is InChI=1S/C28H33FN6O3/c1-18(2)26(27-31-32-33-35(27)17-24-5-4-12-38-24)34(15-19-6-8-22(29)9-7-19)16-21-13-20-14-23(37-3)10-11-25(20)30-28(21)36/h6-11,13-14,18,24,26H,4-5,12,15-17H2,1-3H3,(H,30,36)/t24-,26-/m1/s1. The maximum atomic E-state index is 13.7. The monoisotopic (exact) mass is 520 g/mol. The van der Waals surface area contributed by atoms with Gasteiger partial charge in [-0.05, 0) is 71.1 Å². The van der Waals surface area contributed by atoms with Gasteiger partial charge in [0.05, 0.1) is 25.8 Å². The largest absolute Gasteiger partial charge is 0.497 e. The predicted octanol–water partition coefficient (Wildman–Crippen LogP) is 4.24. The number of fused-ring (bicyclic) bond motifs is 1. The van der Waals surface area contributed by atoms with Crippen LogP contribution in [0, 0.1) is 11.7 Å². The Kier molecular flexibility index (Phi) is 7.80. The van der Waals surface area contributed by atoms with Crippen molar-refractivity contribution in [2.75, 3.05) is 13.7 Å². The molecule has 1 saturated heterocycles. The van der Waals surface area contributed by atoms with Crippen LogP contribution in [-0.4, -0.2) is 49.9 Å². The summed E-state index contributed by atoms with van der Waals surface area (Å²) in [6, 6.07) is 13.7.